The molecule has 0 bridgehead atoms. The van der Waals surface area contributed by atoms with Crippen LogP contribution in [0.5, 0.6) is 0 Å². The zero-order chi connectivity index (χ0) is 9.07. The molecule has 5 nitrogen and oxygen atoms in total. The Hall–Kier alpha value is -0.170. The Balaban J connectivity index is 4.32. The molecule has 0 atom stereocenters. The lowest BCUT2D eigenvalue weighted by Crippen LogP contribution is -2.44. The monoisotopic (exact) mass is 181 g/mol. The van der Waals surface area contributed by atoms with Gasteiger partial charge in [-0.05, 0) is 13.8 Å². The van der Waals surface area contributed by atoms with E-state index in [-0.39, 0.29) is 13.1 Å². The second kappa shape index (κ2) is 4.01. The number of rotatable bonds is 4. The first-order valence-corrected chi connectivity index (χ1v) is 4.89. The van der Waals surface area contributed by atoms with Crippen LogP contribution in [0.4, 0.5) is 0 Å². The van der Waals surface area contributed by atoms with Crippen LogP contribution in [-0.2, 0) is 10.0 Å². The summed E-state index contributed by atoms with van der Waals surface area (Å²) < 4.78 is 23.1. The minimum atomic E-state index is -3.31. The van der Waals surface area contributed by atoms with Gasteiger partial charge in [0.25, 0.3) is 0 Å². The molecule has 0 amide bonds. The van der Waals surface area contributed by atoms with Gasteiger partial charge in [0.1, 0.15) is 0 Å². The van der Waals surface area contributed by atoms with E-state index in [0.29, 0.717) is 0 Å². The van der Waals surface area contributed by atoms with Crippen LogP contribution < -0.4 is 11.6 Å². The first-order chi connectivity index (χ1) is 4.92. The standard InChI is InChI=1S/C5H15N3O2S/c1-5(2)11(9,10)8(7)4-3-6/h5H,3-4,6-7H2,1-2H3. The van der Waals surface area contributed by atoms with Crippen molar-refractivity contribution in [1.82, 2.24) is 4.41 Å². The highest BCUT2D eigenvalue weighted by atomic mass is 32.2. The smallest absolute Gasteiger partial charge is 0.228 e. The van der Waals surface area contributed by atoms with Crippen molar-refractivity contribution in [3.63, 3.8) is 0 Å². The third-order valence-corrected chi connectivity index (χ3v) is 3.30. The van der Waals surface area contributed by atoms with Crippen molar-refractivity contribution in [2.24, 2.45) is 11.6 Å². The van der Waals surface area contributed by atoms with Gasteiger partial charge in [0.15, 0.2) is 0 Å². The van der Waals surface area contributed by atoms with Crippen LogP contribution in [0.3, 0.4) is 0 Å². The SMILES string of the molecule is CC(C)S(=O)(=O)N(N)CCN. The van der Waals surface area contributed by atoms with Gasteiger partial charge in [-0.3, -0.25) is 5.84 Å². The topological polar surface area (TPSA) is 89.4 Å². The van der Waals surface area contributed by atoms with Crippen molar-refractivity contribution in [2.75, 3.05) is 13.1 Å². The van der Waals surface area contributed by atoms with Gasteiger partial charge < -0.3 is 5.73 Å². The molecule has 4 N–H and O–H groups in total. The van der Waals surface area contributed by atoms with Gasteiger partial charge >= 0.3 is 0 Å². The maximum Gasteiger partial charge on any atom is 0.228 e. The van der Waals surface area contributed by atoms with Crippen molar-refractivity contribution in [2.45, 2.75) is 19.1 Å². The Kier molecular flexibility index (Phi) is 3.95. The van der Waals surface area contributed by atoms with Gasteiger partial charge in [0.05, 0.1) is 5.25 Å². The normalized spacial score (nSPS) is 12.9. The second-order valence-corrected chi connectivity index (χ2v) is 4.93. The minimum absolute atomic E-state index is 0.167. The number of nitrogens with two attached hydrogens (primary N) is 2. The molecule has 6 heteroatoms. The molecular formula is C5H15N3O2S. The van der Waals surface area contributed by atoms with Crippen molar-refractivity contribution >= 4 is 10.0 Å². The zero-order valence-corrected chi connectivity index (χ0v) is 7.63. The van der Waals surface area contributed by atoms with Gasteiger partial charge in [-0.25, -0.2) is 8.42 Å². The van der Waals surface area contributed by atoms with Gasteiger partial charge in [0.2, 0.25) is 10.0 Å². The van der Waals surface area contributed by atoms with Gasteiger partial charge in [-0.2, -0.15) is 0 Å². The van der Waals surface area contributed by atoms with Crippen LogP contribution in [0.15, 0.2) is 0 Å². The number of sulfonamides is 1. The molecular weight excluding hydrogens is 166 g/mol. The lowest BCUT2D eigenvalue weighted by Gasteiger charge is -2.17. The van der Waals surface area contributed by atoms with E-state index >= 15 is 0 Å². The highest BCUT2D eigenvalue weighted by Gasteiger charge is 2.21. The quantitative estimate of drug-likeness (QED) is 0.424. The number of hydrazine groups is 1. The van der Waals surface area contributed by atoms with Crippen LogP contribution in [0.2, 0.25) is 0 Å². The summed E-state index contributed by atoms with van der Waals surface area (Å²) in [4.78, 5) is 0. The van der Waals surface area contributed by atoms with Crippen LogP contribution >= 0.6 is 0 Å². The molecule has 0 aromatic carbocycles. The lowest BCUT2D eigenvalue weighted by molar-refractivity contribution is 0.428. The molecule has 0 aliphatic heterocycles. The fourth-order valence-electron chi connectivity index (χ4n) is 0.525. The molecule has 0 aliphatic rings. The molecule has 68 valence electrons. The molecule has 11 heavy (non-hydrogen) atoms. The van der Waals surface area contributed by atoms with Gasteiger partial charge in [-0.15, -0.1) is 4.41 Å². The van der Waals surface area contributed by atoms with E-state index in [1.165, 1.54) is 0 Å². The van der Waals surface area contributed by atoms with E-state index in [1.54, 1.807) is 13.8 Å². The fraction of sp³-hybridized carbons (Fsp3) is 1.00. The van der Waals surface area contributed by atoms with E-state index < -0.39 is 15.3 Å². The summed E-state index contributed by atoms with van der Waals surface area (Å²) in [5, 5.41) is -0.487. The Morgan fingerprint density at radius 2 is 1.91 bits per heavy atom. The third-order valence-electron chi connectivity index (χ3n) is 1.27. The first kappa shape index (κ1) is 10.8. The first-order valence-electron chi connectivity index (χ1n) is 3.39. The number of nitrogens with zero attached hydrogens (tertiary/aromatic N) is 1. The maximum atomic E-state index is 11.2. The average Bonchev–Trinajstić information content (AvgIpc) is 1.88. The molecule has 0 aromatic rings. The lowest BCUT2D eigenvalue weighted by atomic mass is 10.6. The van der Waals surface area contributed by atoms with Crippen LogP contribution in [0, 0.1) is 0 Å². The van der Waals surface area contributed by atoms with Crippen LogP contribution in [0.25, 0.3) is 0 Å². The van der Waals surface area contributed by atoms with Crippen molar-refractivity contribution in [1.29, 1.82) is 0 Å². The minimum Gasteiger partial charge on any atom is -0.329 e. The largest absolute Gasteiger partial charge is 0.329 e. The molecule has 0 spiro atoms. The van der Waals surface area contributed by atoms with Crippen LogP contribution in [0.1, 0.15) is 13.8 Å². The van der Waals surface area contributed by atoms with E-state index in [2.05, 4.69) is 0 Å². The van der Waals surface area contributed by atoms with Crippen molar-refractivity contribution in [3.8, 4) is 0 Å². The highest BCUT2D eigenvalue weighted by Crippen LogP contribution is 2.02. The number of hydrogen-bond donors (Lipinski definition) is 2. The summed E-state index contributed by atoms with van der Waals surface area (Å²) in [6, 6.07) is 0. The van der Waals surface area contributed by atoms with Gasteiger partial charge in [-0.1, -0.05) is 0 Å². The van der Waals surface area contributed by atoms with E-state index in [0.717, 1.165) is 4.41 Å². The predicted octanol–water partition coefficient (Wildman–Crippen LogP) is -1.14. The van der Waals surface area contributed by atoms with Crippen LogP contribution in [-0.4, -0.2) is 31.2 Å². The predicted molar refractivity (Wildman–Crippen MR) is 44.0 cm³/mol. The average molecular weight is 181 g/mol. The molecule has 0 saturated heterocycles. The molecule has 0 fully saturated rings. The molecule has 0 heterocycles. The molecule has 0 saturated carbocycles. The van der Waals surface area contributed by atoms with E-state index in [9.17, 15) is 8.42 Å². The maximum absolute atomic E-state index is 11.2. The second-order valence-electron chi connectivity index (χ2n) is 2.49. The summed E-state index contributed by atoms with van der Waals surface area (Å²) in [6.07, 6.45) is 0. The van der Waals surface area contributed by atoms with Crippen molar-refractivity contribution < 1.29 is 8.42 Å². The molecule has 0 aliphatic carbocycles. The van der Waals surface area contributed by atoms with Gasteiger partial charge in [0, 0.05) is 13.1 Å². The Labute approximate surface area is 67.4 Å². The van der Waals surface area contributed by atoms with E-state index in [4.69, 9.17) is 11.6 Å². The Morgan fingerprint density at radius 3 is 2.18 bits per heavy atom. The highest BCUT2D eigenvalue weighted by molar-refractivity contribution is 7.89. The summed E-state index contributed by atoms with van der Waals surface area (Å²) in [5.74, 6) is 5.23. The Morgan fingerprint density at radius 1 is 1.45 bits per heavy atom. The summed E-state index contributed by atoms with van der Waals surface area (Å²) >= 11 is 0. The summed E-state index contributed by atoms with van der Waals surface area (Å²) in [6.45, 7) is 3.56. The van der Waals surface area contributed by atoms with Crippen molar-refractivity contribution in [3.05, 3.63) is 0 Å². The third kappa shape index (κ3) is 2.74. The molecule has 0 unspecified atom stereocenters. The molecule has 0 aromatic heterocycles. The fourth-order valence-corrected chi connectivity index (χ4v) is 1.43. The molecule has 0 radical (unpaired) electrons. The summed E-state index contributed by atoms with van der Waals surface area (Å²) in [7, 11) is -3.31. The Bertz CT molecular complexity index is 200. The van der Waals surface area contributed by atoms with E-state index in [1.807, 2.05) is 0 Å². The summed E-state index contributed by atoms with van der Waals surface area (Å²) in [5.41, 5.74) is 5.14. The zero-order valence-electron chi connectivity index (χ0n) is 6.82. The number of hydrogen-bond acceptors (Lipinski definition) is 4. The molecule has 0 rings (SSSR count).